The molecular weight excluding hydrogens is 657 g/mol. The Labute approximate surface area is 330 Å². The summed E-state index contributed by atoms with van der Waals surface area (Å²) < 4.78 is 0. The predicted octanol–water partition coefficient (Wildman–Crippen LogP) is 14.3. The number of unbranched alkanes of at least 4 members (excludes halogenated alkanes) is 32. The van der Waals surface area contributed by atoms with Gasteiger partial charge in [-0.25, -0.2) is 0 Å². The van der Waals surface area contributed by atoms with E-state index >= 15 is 0 Å². The first-order valence-corrected chi connectivity index (χ1v) is 23.8. The van der Waals surface area contributed by atoms with E-state index in [1.165, 1.54) is 180 Å². The smallest absolute Gasteiger partial charge is 0.303 e. The Balaban J connectivity index is 4.68. The SMILES string of the molecule is CCCCCCCCCCCCCCCCCC(=O)NC(=O)[C@H](CCC(=O)O)N(CCCCCCCCCCCC)CCCCCCCCCCCC. The Morgan fingerprint density at radius 3 is 1.00 bits per heavy atom. The lowest BCUT2D eigenvalue weighted by Crippen LogP contribution is -2.49. The highest BCUT2D eigenvalue weighted by atomic mass is 16.4. The van der Waals surface area contributed by atoms with Crippen molar-refractivity contribution in [1.82, 2.24) is 10.2 Å². The number of nitrogens with zero attached hydrogens (tertiary/aromatic N) is 1. The number of rotatable bonds is 43. The van der Waals surface area contributed by atoms with Gasteiger partial charge in [0.05, 0.1) is 6.04 Å². The van der Waals surface area contributed by atoms with Crippen molar-refractivity contribution >= 4 is 17.8 Å². The van der Waals surface area contributed by atoms with Crippen molar-refractivity contribution in [2.24, 2.45) is 0 Å². The fraction of sp³-hybridized carbons (Fsp3) is 0.936. The van der Waals surface area contributed by atoms with Crippen molar-refractivity contribution in [3.05, 3.63) is 0 Å². The third kappa shape index (κ3) is 37.3. The van der Waals surface area contributed by atoms with Crippen molar-refractivity contribution in [3.8, 4) is 0 Å². The van der Waals surface area contributed by atoms with Crippen molar-refractivity contribution in [3.63, 3.8) is 0 Å². The van der Waals surface area contributed by atoms with E-state index in [2.05, 4.69) is 31.0 Å². The molecule has 0 rings (SSSR count). The van der Waals surface area contributed by atoms with E-state index in [0.29, 0.717) is 6.42 Å². The summed E-state index contributed by atoms with van der Waals surface area (Å²) in [5, 5.41) is 12.2. The van der Waals surface area contributed by atoms with Crippen LogP contribution in [0.3, 0.4) is 0 Å². The number of carboxylic acid groups (broad SMARTS) is 1. The third-order valence-electron chi connectivity index (χ3n) is 11.2. The van der Waals surface area contributed by atoms with Crippen LogP contribution in [0.15, 0.2) is 0 Å². The van der Waals surface area contributed by atoms with Gasteiger partial charge in [0, 0.05) is 12.8 Å². The van der Waals surface area contributed by atoms with Crippen LogP contribution >= 0.6 is 0 Å². The molecule has 0 saturated heterocycles. The Kier molecular flexibility index (Phi) is 40.6. The second-order valence-corrected chi connectivity index (χ2v) is 16.5. The molecule has 53 heavy (non-hydrogen) atoms. The monoisotopic (exact) mass is 749 g/mol. The maximum atomic E-state index is 13.6. The maximum absolute atomic E-state index is 13.6. The Hall–Kier alpha value is -1.43. The number of nitrogens with one attached hydrogen (secondary N) is 1. The van der Waals surface area contributed by atoms with Crippen LogP contribution in [0, 0.1) is 0 Å². The van der Waals surface area contributed by atoms with E-state index in [0.717, 1.165) is 58.0 Å². The quantitative estimate of drug-likeness (QED) is 0.0606. The largest absolute Gasteiger partial charge is 0.481 e. The van der Waals surface area contributed by atoms with Gasteiger partial charge in [0.2, 0.25) is 11.8 Å². The van der Waals surface area contributed by atoms with Crippen LogP contribution in [-0.2, 0) is 14.4 Å². The molecule has 0 fully saturated rings. The van der Waals surface area contributed by atoms with Crippen LogP contribution in [0.1, 0.15) is 265 Å². The molecule has 0 unspecified atom stereocenters. The fourth-order valence-electron chi connectivity index (χ4n) is 7.71. The van der Waals surface area contributed by atoms with Crippen molar-refractivity contribution < 1.29 is 19.5 Å². The van der Waals surface area contributed by atoms with Crippen LogP contribution in [0.5, 0.6) is 0 Å². The lowest BCUT2D eigenvalue weighted by Gasteiger charge is -2.30. The zero-order chi connectivity index (χ0) is 38.9. The normalized spacial score (nSPS) is 12.1. The minimum atomic E-state index is -0.884. The zero-order valence-electron chi connectivity index (χ0n) is 36.0. The van der Waals surface area contributed by atoms with E-state index in [1.54, 1.807) is 0 Å². The summed E-state index contributed by atoms with van der Waals surface area (Å²) in [5.74, 6) is -1.39. The van der Waals surface area contributed by atoms with Gasteiger partial charge in [-0.05, 0) is 38.8 Å². The topological polar surface area (TPSA) is 86.7 Å². The first kappa shape index (κ1) is 51.6. The summed E-state index contributed by atoms with van der Waals surface area (Å²) in [6, 6.07) is -0.562. The van der Waals surface area contributed by atoms with Gasteiger partial charge in [-0.2, -0.15) is 0 Å². The summed E-state index contributed by atoms with van der Waals surface area (Å²) >= 11 is 0. The van der Waals surface area contributed by atoms with Crippen LogP contribution in [0.25, 0.3) is 0 Å². The number of carbonyl (C=O) groups excluding carboxylic acids is 2. The minimum Gasteiger partial charge on any atom is -0.481 e. The standard InChI is InChI=1S/C47H92N2O4/c1-4-7-10-13-16-19-22-23-24-25-26-27-30-33-36-39-45(50)48-47(53)44(40-41-46(51)52)49(42-37-34-31-28-20-17-14-11-8-5-2)43-38-35-32-29-21-18-15-12-9-6-3/h44H,4-43H2,1-3H3,(H,51,52)(H,48,50,53)/t44-/m0/s1. The van der Waals surface area contributed by atoms with Gasteiger partial charge in [-0.15, -0.1) is 0 Å². The first-order chi connectivity index (χ1) is 26.0. The first-order valence-electron chi connectivity index (χ1n) is 23.8. The van der Waals surface area contributed by atoms with Gasteiger partial charge in [-0.3, -0.25) is 24.6 Å². The van der Waals surface area contributed by atoms with Crippen LogP contribution in [0.4, 0.5) is 0 Å². The lowest BCUT2D eigenvalue weighted by molar-refractivity contribution is -0.138. The molecule has 6 heteroatoms. The molecule has 0 bridgehead atoms. The summed E-state index contributed by atoms with van der Waals surface area (Å²) in [7, 11) is 0. The molecule has 2 N–H and O–H groups in total. The Bertz CT molecular complexity index is 779. The number of aliphatic carboxylic acids is 1. The highest BCUT2D eigenvalue weighted by molar-refractivity contribution is 5.97. The second-order valence-electron chi connectivity index (χ2n) is 16.5. The minimum absolute atomic E-state index is 0.0577. The molecule has 0 aliphatic heterocycles. The van der Waals surface area contributed by atoms with Gasteiger partial charge in [0.1, 0.15) is 0 Å². The highest BCUT2D eigenvalue weighted by Crippen LogP contribution is 2.17. The molecule has 314 valence electrons. The van der Waals surface area contributed by atoms with E-state index in [9.17, 15) is 19.5 Å². The molecule has 0 aliphatic rings. The molecule has 0 saturated carbocycles. The number of hydrogen-bond donors (Lipinski definition) is 2. The maximum Gasteiger partial charge on any atom is 0.303 e. The average molecular weight is 749 g/mol. The van der Waals surface area contributed by atoms with Gasteiger partial charge < -0.3 is 5.11 Å². The second kappa shape index (κ2) is 41.7. The molecule has 2 amide bonds. The van der Waals surface area contributed by atoms with Gasteiger partial charge in [0.25, 0.3) is 0 Å². The predicted molar refractivity (Wildman–Crippen MR) is 229 cm³/mol. The molecule has 6 nitrogen and oxygen atoms in total. The average Bonchev–Trinajstić information content (AvgIpc) is 3.14. The van der Waals surface area contributed by atoms with Crippen LogP contribution in [0.2, 0.25) is 0 Å². The summed E-state index contributed by atoms with van der Waals surface area (Å²) in [5.41, 5.74) is 0. The molecule has 0 aromatic rings. The number of carboxylic acids is 1. The van der Waals surface area contributed by atoms with Gasteiger partial charge in [0.15, 0.2) is 0 Å². The van der Waals surface area contributed by atoms with Crippen LogP contribution in [-0.4, -0.2) is 46.9 Å². The molecule has 0 aliphatic carbocycles. The number of amides is 2. The van der Waals surface area contributed by atoms with E-state index < -0.39 is 12.0 Å². The van der Waals surface area contributed by atoms with E-state index in [1.807, 2.05) is 0 Å². The summed E-state index contributed by atoms with van der Waals surface area (Å²) in [4.78, 5) is 40.3. The molecule has 0 heterocycles. The van der Waals surface area contributed by atoms with Crippen molar-refractivity contribution in [2.75, 3.05) is 13.1 Å². The zero-order valence-corrected chi connectivity index (χ0v) is 36.0. The number of carbonyl (C=O) groups is 3. The Morgan fingerprint density at radius 2 is 0.698 bits per heavy atom. The summed E-state index contributed by atoms with van der Waals surface area (Å²) in [6.07, 6.45) is 44.9. The molecular formula is C47H92N2O4. The number of hydrogen-bond acceptors (Lipinski definition) is 4. The molecule has 0 aromatic heterocycles. The Morgan fingerprint density at radius 1 is 0.415 bits per heavy atom. The fourth-order valence-corrected chi connectivity index (χ4v) is 7.71. The molecule has 0 spiro atoms. The molecule has 0 radical (unpaired) electrons. The van der Waals surface area contributed by atoms with Crippen molar-refractivity contribution in [2.45, 2.75) is 271 Å². The van der Waals surface area contributed by atoms with Gasteiger partial charge >= 0.3 is 5.97 Å². The van der Waals surface area contributed by atoms with E-state index in [-0.39, 0.29) is 24.7 Å². The lowest BCUT2D eigenvalue weighted by atomic mass is 10.0. The number of imide groups is 1. The molecule has 1 atom stereocenters. The van der Waals surface area contributed by atoms with Crippen LogP contribution < -0.4 is 5.32 Å². The van der Waals surface area contributed by atoms with Gasteiger partial charge in [-0.1, -0.05) is 226 Å². The molecule has 0 aromatic carbocycles. The van der Waals surface area contributed by atoms with E-state index in [4.69, 9.17) is 0 Å². The highest BCUT2D eigenvalue weighted by Gasteiger charge is 2.27. The third-order valence-corrected chi connectivity index (χ3v) is 11.2. The summed E-state index contributed by atoms with van der Waals surface area (Å²) in [6.45, 7) is 8.37. The van der Waals surface area contributed by atoms with Crippen molar-refractivity contribution in [1.29, 1.82) is 0 Å².